The topological polar surface area (TPSA) is 146 Å². The van der Waals surface area contributed by atoms with E-state index in [0.717, 1.165) is 94.4 Å². The third-order valence-electron chi connectivity index (χ3n) is 10.5. The van der Waals surface area contributed by atoms with Crippen LogP contribution >= 0.6 is 0 Å². The zero-order valence-corrected chi connectivity index (χ0v) is 29.2. The minimum Gasteiger partial charge on any atom is -0.488 e. The number of ether oxygens (including phenoxy) is 3. The van der Waals surface area contributed by atoms with Crippen molar-refractivity contribution in [1.82, 2.24) is 29.7 Å². The number of hydrogen-bond donors (Lipinski definition) is 3. The summed E-state index contributed by atoms with van der Waals surface area (Å²) in [5, 5.41) is 9.84. The Balaban J connectivity index is 1.05. The molecule has 3 aliphatic heterocycles. The number of H-pyrrole nitrogens is 2. The van der Waals surface area contributed by atoms with Crippen molar-refractivity contribution < 1.29 is 28.9 Å². The summed E-state index contributed by atoms with van der Waals surface area (Å²) >= 11 is 0. The fraction of sp³-hybridized carbons (Fsp3) is 0.474. The number of carbonyl (C=O) groups excluding carboxylic acids is 1. The van der Waals surface area contributed by atoms with Gasteiger partial charge in [-0.25, -0.2) is 19.6 Å². The van der Waals surface area contributed by atoms with Gasteiger partial charge in [0.25, 0.3) is 0 Å². The molecule has 262 valence electrons. The van der Waals surface area contributed by atoms with Gasteiger partial charge < -0.3 is 29.3 Å². The highest BCUT2D eigenvalue weighted by atomic mass is 16.6. The van der Waals surface area contributed by atoms with Gasteiger partial charge in [0.05, 0.1) is 36.3 Å². The van der Waals surface area contributed by atoms with Crippen LogP contribution in [-0.2, 0) is 28.9 Å². The summed E-state index contributed by atoms with van der Waals surface area (Å²) in [5.41, 5.74) is 8.77. The molecule has 2 saturated heterocycles. The maximum atomic E-state index is 13.2. The van der Waals surface area contributed by atoms with Crippen molar-refractivity contribution in [3.05, 3.63) is 65.0 Å². The average Bonchev–Trinajstić information content (AvgIpc) is 3.88. The molecule has 8 rings (SSSR count). The lowest BCUT2D eigenvalue weighted by molar-refractivity contribution is 0.0208. The maximum Gasteiger partial charge on any atom is 0.410 e. The molecule has 5 heterocycles. The smallest absolute Gasteiger partial charge is 0.410 e. The van der Waals surface area contributed by atoms with Gasteiger partial charge in [-0.3, -0.25) is 9.80 Å². The molecule has 2 amide bonds. The quantitative estimate of drug-likeness (QED) is 0.200. The van der Waals surface area contributed by atoms with Crippen LogP contribution in [0.2, 0.25) is 0 Å². The summed E-state index contributed by atoms with van der Waals surface area (Å²) in [4.78, 5) is 45.2. The average molecular weight is 681 g/mol. The molecule has 4 aliphatic rings. The van der Waals surface area contributed by atoms with Crippen molar-refractivity contribution in [3.8, 4) is 39.4 Å². The molecular formula is C38H44N6O6. The van der Waals surface area contributed by atoms with Crippen LogP contribution in [0.5, 0.6) is 5.75 Å². The van der Waals surface area contributed by atoms with E-state index in [1.54, 1.807) is 12.0 Å². The number of nitrogens with one attached hydrogen (secondary N) is 2. The van der Waals surface area contributed by atoms with Gasteiger partial charge >= 0.3 is 12.2 Å². The van der Waals surface area contributed by atoms with Gasteiger partial charge in [-0.05, 0) is 100 Å². The van der Waals surface area contributed by atoms with Crippen LogP contribution in [0.3, 0.4) is 0 Å². The highest BCUT2D eigenvalue weighted by molar-refractivity contribution is 5.83. The highest BCUT2D eigenvalue weighted by Crippen LogP contribution is 2.46. The van der Waals surface area contributed by atoms with Crippen LogP contribution in [0.1, 0.15) is 87.5 Å². The Morgan fingerprint density at radius 2 is 1.86 bits per heavy atom. The highest BCUT2D eigenvalue weighted by Gasteiger charge is 2.41. The van der Waals surface area contributed by atoms with E-state index >= 15 is 0 Å². The number of carboxylic acid groups (broad SMARTS) is 1. The summed E-state index contributed by atoms with van der Waals surface area (Å²) in [6, 6.07) is 10.2. The Morgan fingerprint density at radius 3 is 2.64 bits per heavy atom. The lowest BCUT2D eigenvalue weighted by atomic mass is 9.86. The first-order valence-corrected chi connectivity index (χ1v) is 17.5. The van der Waals surface area contributed by atoms with E-state index < -0.39 is 11.7 Å². The molecule has 0 unspecified atom stereocenters. The minimum atomic E-state index is -0.901. The van der Waals surface area contributed by atoms with Gasteiger partial charge in [0.1, 0.15) is 29.6 Å². The van der Waals surface area contributed by atoms with E-state index in [0.29, 0.717) is 19.8 Å². The summed E-state index contributed by atoms with van der Waals surface area (Å²) in [5.74, 6) is 2.47. The molecule has 0 bridgehead atoms. The number of rotatable bonds is 5. The fourth-order valence-corrected chi connectivity index (χ4v) is 8.22. The number of imidazole rings is 2. The molecule has 2 aromatic heterocycles. The number of benzene rings is 2. The summed E-state index contributed by atoms with van der Waals surface area (Å²) in [7, 11) is 1.68. The molecule has 3 N–H and O–H groups in total. The van der Waals surface area contributed by atoms with E-state index in [1.807, 2.05) is 33.9 Å². The zero-order valence-electron chi connectivity index (χ0n) is 29.2. The van der Waals surface area contributed by atoms with Gasteiger partial charge in [0.15, 0.2) is 0 Å². The summed E-state index contributed by atoms with van der Waals surface area (Å²) in [6.45, 7) is 9.12. The van der Waals surface area contributed by atoms with Crippen molar-refractivity contribution in [3.63, 3.8) is 0 Å². The van der Waals surface area contributed by atoms with Gasteiger partial charge in [-0.1, -0.05) is 12.1 Å². The number of amides is 2. The Labute approximate surface area is 291 Å². The lowest BCUT2D eigenvalue weighted by Crippen LogP contribution is -2.37. The summed E-state index contributed by atoms with van der Waals surface area (Å²) < 4.78 is 17.5. The van der Waals surface area contributed by atoms with Crippen LogP contribution in [0.4, 0.5) is 9.59 Å². The molecule has 0 spiro atoms. The number of likely N-dealkylation sites (tertiary alicyclic amines) is 2. The first-order valence-electron chi connectivity index (χ1n) is 17.5. The monoisotopic (exact) mass is 680 g/mol. The molecule has 2 aromatic carbocycles. The number of methoxy groups -OCH3 is 1. The predicted molar refractivity (Wildman–Crippen MR) is 186 cm³/mol. The molecule has 12 heteroatoms. The number of aromatic nitrogens is 4. The van der Waals surface area contributed by atoms with Crippen LogP contribution < -0.4 is 4.74 Å². The van der Waals surface area contributed by atoms with E-state index in [4.69, 9.17) is 24.2 Å². The SMILES string of the molecule is COC[C@H]1C[C@@H](c2ncc(-c3ccc4c(c3)COc3cc5c(cc3-4)CCc3[nH]c([C@@H]4CC[C@H](C)N4C(=O)O)nc3-5)[nH]2)N(C(=O)OC(C)(C)C)C1. The number of aryl methyl sites for hydroxylation is 2. The van der Waals surface area contributed by atoms with Crippen molar-refractivity contribution in [2.24, 2.45) is 5.92 Å². The third kappa shape index (κ3) is 5.69. The normalized spacial score (nSPS) is 22.4. The number of aromatic amines is 2. The third-order valence-corrected chi connectivity index (χ3v) is 10.5. The minimum absolute atomic E-state index is 0.0288. The van der Waals surface area contributed by atoms with Crippen molar-refractivity contribution in [2.75, 3.05) is 20.3 Å². The number of hydrogen-bond acceptors (Lipinski definition) is 7. The van der Waals surface area contributed by atoms with Crippen LogP contribution in [0.15, 0.2) is 36.5 Å². The maximum absolute atomic E-state index is 13.2. The van der Waals surface area contributed by atoms with Gasteiger partial charge in [0.2, 0.25) is 0 Å². The number of carbonyl (C=O) groups is 2. The first kappa shape index (κ1) is 32.4. The van der Waals surface area contributed by atoms with Crippen molar-refractivity contribution >= 4 is 12.2 Å². The second-order valence-corrected chi connectivity index (χ2v) is 15.1. The van der Waals surface area contributed by atoms with Crippen molar-refractivity contribution in [1.29, 1.82) is 0 Å². The van der Waals surface area contributed by atoms with E-state index in [-0.39, 0.29) is 30.1 Å². The van der Waals surface area contributed by atoms with E-state index in [9.17, 15) is 14.7 Å². The van der Waals surface area contributed by atoms with E-state index in [2.05, 4.69) is 40.3 Å². The Hall–Kier alpha value is -4.84. The van der Waals surface area contributed by atoms with E-state index in [1.165, 1.54) is 10.5 Å². The first-order chi connectivity index (χ1) is 24.0. The number of fused-ring (bicyclic) bond motifs is 6. The lowest BCUT2D eigenvalue weighted by Gasteiger charge is -2.27. The fourth-order valence-electron chi connectivity index (χ4n) is 8.22. The molecule has 2 fully saturated rings. The van der Waals surface area contributed by atoms with Gasteiger partial charge in [-0.2, -0.15) is 0 Å². The van der Waals surface area contributed by atoms with Crippen LogP contribution in [-0.4, -0.2) is 78.9 Å². The van der Waals surface area contributed by atoms with Gasteiger partial charge in [0, 0.05) is 42.4 Å². The Bertz CT molecular complexity index is 1980. The second-order valence-electron chi connectivity index (χ2n) is 15.1. The largest absolute Gasteiger partial charge is 0.488 e. The predicted octanol–water partition coefficient (Wildman–Crippen LogP) is 7.27. The molecule has 4 aromatic rings. The molecule has 1 aliphatic carbocycles. The molecule has 4 atom stereocenters. The van der Waals surface area contributed by atoms with Crippen LogP contribution in [0.25, 0.3) is 33.6 Å². The standard InChI is InChI=1S/C38H44N6O6/c1-20-6-11-30(44(20)36(45)46)35-40-28-10-8-22-14-27-25-9-7-23(13-24(25)19-49-32(27)15-26(22)33(28)42-35)29-16-39-34(41-29)31-12-21(18-48-5)17-43(31)37(47)50-38(2,3)4/h7,9,13-16,20-21,30-31H,6,8,10-12,17-19H2,1-5H3,(H,39,41)(H,40,42)(H,45,46)/t20-,21-,30-,31-/m0/s1. The molecular weight excluding hydrogens is 636 g/mol. The molecule has 50 heavy (non-hydrogen) atoms. The second kappa shape index (κ2) is 12.2. The Morgan fingerprint density at radius 1 is 1.02 bits per heavy atom. The molecule has 0 radical (unpaired) electrons. The zero-order chi connectivity index (χ0) is 34.9. The molecule has 0 saturated carbocycles. The van der Waals surface area contributed by atoms with Crippen molar-refractivity contribution in [2.45, 2.75) is 90.1 Å². The van der Waals surface area contributed by atoms with Crippen LogP contribution in [0, 0.1) is 5.92 Å². The number of nitrogens with zero attached hydrogens (tertiary/aromatic N) is 4. The molecule has 12 nitrogen and oxygen atoms in total. The summed E-state index contributed by atoms with van der Waals surface area (Å²) in [6.07, 6.45) is 4.59. The Kier molecular flexibility index (Phi) is 7.89. The van der Waals surface area contributed by atoms with Gasteiger partial charge in [-0.15, -0.1) is 0 Å².